The van der Waals surface area contributed by atoms with E-state index in [9.17, 15) is 4.79 Å². The summed E-state index contributed by atoms with van der Waals surface area (Å²) in [6, 6.07) is 3.87. The zero-order valence-corrected chi connectivity index (χ0v) is 11.2. The van der Waals surface area contributed by atoms with Crippen LogP contribution < -0.4 is 0 Å². The molecule has 0 aliphatic heterocycles. The molecule has 90 valence electrons. The van der Waals surface area contributed by atoms with Crippen molar-refractivity contribution in [3.63, 3.8) is 0 Å². The minimum absolute atomic E-state index is 0.349. The predicted molar refractivity (Wildman–Crippen MR) is 69.9 cm³/mol. The van der Waals surface area contributed by atoms with E-state index in [2.05, 4.69) is 4.98 Å². The van der Waals surface area contributed by atoms with Crippen LogP contribution in [0.3, 0.4) is 0 Å². The quantitative estimate of drug-likeness (QED) is 0.687. The van der Waals surface area contributed by atoms with Gasteiger partial charge in [-0.1, -0.05) is 0 Å². The van der Waals surface area contributed by atoms with E-state index in [-0.39, 0.29) is 5.97 Å². The maximum absolute atomic E-state index is 11.8. The fraction of sp³-hybridized carbons (Fsp3) is 0.273. The Labute approximate surface area is 108 Å². The zero-order valence-electron chi connectivity index (χ0n) is 9.52. The lowest BCUT2D eigenvalue weighted by atomic mass is 10.3. The van der Waals surface area contributed by atoms with Gasteiger partial charge in [0.15, 0.2) is 3.95 Å². The van der Waals surface area contributed by atoms with Crippen LogP contribution in [0.4, 0.5) is 0 Å². The number of aromatic amines is 1. The molecule has 0 aliphatic carbocycles. The van der Waals surface area contributed by atoms with Crippen molar-refractivity contribution in [3.05, 3.63) is 28.0 Å². The molecule has 0 atom stereocenters. The molecule has 0 aromatic carbocycles. The lowest BCUT2D eigenvalue weighted by Crippen LogP contribution is -2.07. The molecule has 0 bridgehead atoms. The zero-order chi connectivity index (χ0) is 12.4. The molecule has 0 unspecified atom stereocenters. The highest BCUT2D eigenvalue weighted by Crippen LogP contribution is 2.29. The Hall–Kier alpha value is -1.40. The molecule has 0 saturated heterocycles. The highest BCUT2D eigenvalue weighted by Gasteiger charge is 2.18. The Bertz CT molecular complexity index is 595. The molecule has 17 heavy (non-hydrogen) atoms. The number of nitrogens with one attached hydrogen (secondary N) is 1. The second-order valence-electron chi connectivity index (χ2n) is 3.44. The van der Waals surface area contributed by atoms with Gasteiger partial charge in [0.05, 0.1) is 17.2 Å². The summed E-state index contributed by atoms with van der Waals surface area (Å²) in [5, 5.41) is 0. The summed E-state index contributed by atoms with van der Waals surface area (Å²) in [4.78, 5) is 15.5. The van der Waals surface area contributed by atoms with Crippen molar-refractivity contribution in [2.75, 3.05) is 6.61 Å². The van der Waals surface area contributed by atoms with Gasteiger partial charge in [-0.2, -0.15) is 0 Å². The molecule has 2 heterocycles. The van der Waals surface area contributed by atoms with Gasteiger partial charge in [-0.05, 0) is 31.3 Å². The third-order valence-electron chi connectivity index (χ3n) is 2.30. The molecular formula is C11H12N2O2S2. The first-order valence-electron chi connectivity index (χ1n) is 5.15. The molecule has 4 nitrogen and oxygen atoms in total. The van der Waals surface area contributed by atoms with E-state index >= 15 is 0 Å². The van der Waals surface area contributed by atoms with Crippen LogP contribution in [-0.2, 0) is 11.8 Å². The number of aromatic nitrogens is 2. The maximum Gasteiger partial charge on any atom is 0.356 e. The Morgan fingerprint density at radius 2 is 2.41 bits per heavy atom. The van der Waals surface area contributed by atoms with Crippen molar-refractivity contribution in [1.82, 2.24) is 9.55 Å². The third-order valence-corrected chi connectivity index (χ3v) is 3.56. The van der Waals surface area contributed by atoms with Gasteiger partial charge >= 0.3 is 5.97 Å². The Morgan fingerprint density at radius 1 is 1.65 bits per heavy atom. The SMILES string of the molecule is CCOC(=O)c1[nH]c(=S)sc1-c1cccn1C. The number of carbonyl (C=O) groups excluding carboxylic acids is 1. The van der Waals surface area contributed by atoms with Crippen LogP contribution in [0, 0.1) is 3.95 Å². The van der Waals surface area contributed by atoms with Crippen molar-refractivity contribution in [2.24, 2.45) is 7.05 Å². The van der Waals surface area contributed by atoms with Gasteiger partial charge in [-0.3, -0.25) is 0 Å². The van der Waals surface area contributed by atoms with E-state index in [1.807, 2.05) is 29.9 Å². The van der Waals surface area contributed by atoms with Crippen molar-refractivity contribution in [3.8, 4) is 10.6 Å². The largest absolute Gasteiger partial charge is 0.461 e. The summed E-state index contributed by atoms with van der Waals surface area (Å²) >= 11 is 6.46. The first-order valence-corrected chi connectivity index (χ1v) is 6.38. The van der Waals surface area contributed by atoms with Gasteiger partial charge in [0, 0.05) is 13.2 Å². The van der Waals surface area contributed by atoms with Gasteiger partial charge in [-0.15, -0.1) is 11.3 Å². The van der Waals surface area contributed by atoms with Crippen molar-refractivity contribution in [2.45, 2.75) is 6.92 Å². The number of ether oxygens (including phenoxy) is 1. The summed E-state index contributed by atoms with van der Waals surface area (Å²) in [5.74, 6) is -0.365. The minimum Gasteiger partial charge on any atom is -0.461 e. The van der Waals surface area contributed by atoms with E-state index in [1.165, 1.54) is 11.3 Å². The molecule has 6 heteroatoms. The summed E-state index contributed by atoms with van der Waals surface area (Å²) in [7, 11) is 1.92. The summed E-state index contributed by atoms with van der Waals surface area (Å²) in [5.41, 5.74) is 1.38. The minimum atomic E-state index is -0.365. The fourth-order valence-corrected chi connectivity index (χ4v) is 2.80. The van der Waals surface area contributed by atoms with Crippen LogP contribution >= 0.6 is 23.6 Å². The molecule has 0 spiro atoms. The number of hydrogen-bond acceptors (Lipinski definition) is 4. The average molecular weight is 268 g/mol. The standard InChI is InChI=1S/C11H12N2O2S2/c1-3-15-10(14)8-9(17-11(16)12-8)7-5-4-6-13(7)2/h4-6H,3H2,1-2H3,(H,12,16). The van der Waals surface area contributed by atoms with Gasteiger partial charge in [0.1, 0.15) is 5.69 Å². The molecule has 0 amide bonds. The highest BCUT2D eigenvalue weighted by molar-refractivity contribution is 7.73. The number of esters is 1. The maximum atomic E-state index is 11.8. The number of thiazole rings is 1. The summed E-state index contributed by atoms with van der Waals surface area (Å²) in [6.45, 7) is 2.13. The first kappa shape index (κ1) is 12.1. The number of rotatable bonds is 3. The van der Waals surface area contributed by atoms with Gasteiger partial charge in [0.25, 0.3) is 0 Å². The summed E-state index contributed by atoms with van der Waals surface area (Å²) in [6.07, 6.45) is 1.92. The van der Waals surface area contributed by atoms with Crippen LogP contribution in [0.2, 0.25) is 0 Å². The van der Waals surface area contributed by atoms with Crippen molar-refractivity contribution >= 4 is 29.5 Å². The monoisotopic (exact) mass is 268 g/mol. The number of aryl methyl sites for hydroxylation is 1. The Balaban J connectivity index is 2.52. The topological polar surface area (TPSA) is 47.0 Å². The smallest absolute Gasteiger partial charge is 0.356 e. The second kappa shape index (κ2) is 4.85. The molecule has 2 rings (SSSR count). The van der Waals surface area contributed by atoms with E-state index in [0.717, 1.165) is 10.6 Å². The number of carbonyl (C=O) groups is 1. The number of nitrogens with zero attached hydrogens (tertiary/aromatic N) is 1. The molecule has 2 aromatic heterocycles. The first-order chi connectivity index (χ1) is 8.13. The van der Waals surface area contributed by atoms with Gasteiger partial charge in [0.2, 0.25) is 0 Å². The van der Waals surface area contributed by atoms with Crippen molar-refractivity contribution < 1.29 is 9.53 Å². The number of hydrogen-bond donors (Lipinski definition) is 1. The number of H-pyrrole nitrogens is 1. The van der Waals surface area contributed by atoms with Gasteiger partial charge in [-0.25, -0.2) is 4.79 Å². The Kier molecular flexibility index (Phi) is 3.44. The predicted octanol–water partition coefficient (Wildman–Crippen LogP) is 2.99. The summed E-state index contributed by atoms with van der Waals surface area (Å²) < 4.78 is 7.52. The molecule has 0 saturated carbocycles. The molecule has 0 fully saturated rings. The Morgan fingerprint density at radius 3 is 3.00 bits per heavy atom. The molecule has 1 N–H and O–H groups in total. The van der Waals surface area contributed by atoms with E-state index in [4.69, 9.17) is 17.0 Å². The van der Waals surface area contributed by atoms with E-state index in [1.54, 1.807) is 6.92 Å². The molecule has 0 aliphatic rings. The molecule has 0 radical (unpaired) electrons. The van der Waals surface area contributed by atoms with Crippen molar-refractivity contribution in [1.29, 1.82) is 0 Å². The normalized spacial score (nSPS) is 10.5. The van der Waals surface area contributed by atoms with Crippen LogP contribution in [0.5, 0.6) is 0 Å². The van der Waals surface area contributed by atoms with E-state index < -0.39 is 0 Å². The van der Waals surface area contributed by atoms with Crippen LogP contribution in [-0.4, -0.2) is 22.1 Å². The van der Waals surface area contributed by atoms with E-state index in [0.29, 0.717) is 16.3 Å². The van der Waals surface area contributed by atoms with Crippen LogP contribution in [0.25, 0.3) is 10.6 Å². The lowest BCUT2D eigenvalue weighted by molar-refractivity contribution is 0.0521. The average Bonchev–Trinajstić information content (AvgIpc) is 2.84. The molecular weight excluding hydrogens is 256 g/mol. The fourth-order valence-electron chi connectivity index (χ4n) is 1.55. The third kappa shape index (κ3) is 2.32. The second-order valence-corrected chi connectivity index (χ2v) is 5.13. The molecule has 2 aromatic rings. The highest BCUT2D eigenvalue weighted by atomic mass is 32.1. The van der Waals surface area contributed by atoms with Crippen LogP contribution in [0.15, 0.2) is 18.3 Å². The lowest BCUT2D eigenvalue weighted by Gasteiger charge is -2.04. The van der Waals surface area contributed by atoms with Crippen LogP contribution in [0.1, 0.15) is 17.4 Å². The van der Waals surface area contributed by atoms with Gasteiger partial charge < -0.3 is 14.3 Å².